The first-order valence-electron chi connectivity index (χ1n) is 6.36. The standard InChI is InChI=1S/C13H18F2N2O3/c1-18-11-3-5-16-10(12(11)19-2)8-17-6-4-9(7-17)20-13(14)15/h3,5,9,13H,4,6-8H2,1-2H3/t9-/m0/s1. The molecular weight excluding hydrogens is 270 g/mol. The number of hydrogen-bond donors (Lipinski definition) is 0. The zero-order valence-electron chi connectivity index (χ0n) is 11.5. The van der Waals surface area contributed by atoms with Crippen molar-refractivity contribution >= 4 is 0 Å². The Hall–Kier alpha value is -1.47. The first-order chi connectivity index (χ1) is 9.63. The van der Waals surface area contributed by atoms with E-state index in [2.05, 4.69) is 9.72 Å². The highest BCUT2D eigenvalue weighted by atomic mass is 19.3. The molecule has 1 aromatic heterocycles. The van der Waals surface area contributed by atoms with Crippen molar-refractivity contribution in [2.45, 2.75) is 25.7 Å². The molecule has 1 aliphatic heterocycles. The minimum atomic E-state index is -2.72. The molecule has 0 radical (unpaired) electrons. The number of nitrogens with zero attached hydrogens (tertiary/aromatic N) is 2. The Morgan fingerprint density at radius 2 is 2.20 bits per heavy atom. The van der Waals surface area contributed by atoms with Gasteiger partial charge in [-0.1, -0.05) is 0 Å². The summed E-state index contributed by atoms with van der Waals surface area (Å²) in [7, 11) is 3.11. The van der Waals surface area contributed by atoms with E-state index in [0.717, 1.165) is 5.69 Å². The molecule has 0 aliphatic carbocycles. The third-order valence-electron chi connectivity index (χ3n) is 3.26. The van der Waals surface area contributed by atoms with Gasteiger partial charge in [0, 0.05) is 31.9 Å². The second-order valence-corrected chi connectivity index (χ2v) is 4.54. The quantitative estimate of drug-likeness (QED) is 0.800. The second kappa shape index (κ2) is 6.81. The maximum Gasteiger partial charge on any atom is 0.345 e. The van der Waals surface area contributed by atoms with Crippen LogP contribution in [0.15, 0.2) is 12.3 Å². The zero-order valence-corrected chi connectivity index (χ0v) is 11.5. The predicted octanol–water partition coefficient (Wildman–Crippen LogP) is 1.91. The molecule has 20 heavy (non-hydrogen) atoms. The molecule has 5 nitrogen and oxygen atoms in total. The predicted molar refractivity (Wildman–Crippen MR) is 68.1 cm³/mol. The molecule has 0 spiro atoms. The van der Waals surface area contributed by atoms with E-state index in [1.807, 2.05) is 4.90 Å². The van der Waals surface area contributed by atoms with E-state index in [1.165, 1.54) is 0 Å². The number of ether oxygens (including phenoxy) is 3. The van der Waals surface area contributed by atoms with E-state index in [1.54, 1.807) is 26.5 Å². The van der Waals surface area contributed by atoms with E-state index in [4.69, 9.17) is 9.47 Å². The maximum absolute atomic E-state index is 12.2. The fraction of sp³-hybridized carbons (Fsp3) is 0.615. The Labute approximate surface area is 116 Å². The van der Waals surface area contributed by atoms with Crippen molar-refractivity contribution in [2.24, 2.45) is 0 Å². The van der Waals surface area contributed by atoms with Gasteiger partial charge in [0.05, 0.1) is 20.3 Å². The zero-order chi connectivity index (χ0) is 14.5. The van der Waals surface area contributed by atoms with Crippen LogP contribution in [0.1, 0.15) is 12.1 Å². The number of likely N-dealkylation sites (tertiary alicyclic amines) is 1. The van der Waals surface area contributed by atoms with Gasteiger partial charge in [-0.3, -0.25) is 9.88 Å². The third-order valence-corrected chi connectivity index (χ3v) is 3.26. The van der Waals surface area contributed by atoms with Crippen LogP contribution in [0.2, 0.25) is 0 Å². The van der Waals surface area contributed by atoms with Crippen LogP contribution < -0.4 is 9.47 Å². The fourth-order valence-corrected chi connectivity index (χ4v) is 2.37. The van der Waals surface area contributed by atoms with E-state index >= 15 is 0 Å². The van der Waals surface area contributed by atoms with Gasteiger partial charge >= 0.3 is 6.61 Å². The molecule has 112 valence electrons. The lowest BCUT2D eigenvalue weighted by atomic mass is 10.3. The normalized spacial score (nSPS) is 19.6. The van der Waals surface area contributed by atoms with Gasteiger partial charge in [0.15, 0.2) is 11.5 Å². The SMILES string of the molecule is COc1ccnc(CN2CC[C@H](OC(F)F)C2)c1OC. The summed E-state index contributed by atoms with van der Waals surface area (Å²) in [6, 6.07) is 1.72. The molecule has 7 heteroatoms. The number of pyridine rings is 1. The fourth-order valence-electron chi connectivity index (χ4n) is 2.37. The Morgan fingerprint density at radius 1 is 1.40 bits per heavy atom. The van der Waals surface area contributed by atoms with Gasteiger partial charge in [-0.25, -0.2) is 0 Å². The number of alkyl halides is 2. The number of hydrogen-bond acceptors (Lipinski definition) is 5. The second-order valence-electron chi connectivity index (χ2n) is 4.54. The Balaban J connectivity index is 2.01. The number of methoxy groups -OCH3 is 2. The molecule has 0 saturated carbocycles. The summed E-state index contributed by atoms with van der Waals surface area (Å²) < 4.78 is 39.4. The van der Waals surface area contributed by atoms with Crippen LogP contribution in [0.5, 0.6) is 11.5 Å². The summed E-state index contributed by atoms with van der Waals surface area (Å²) in [5.74, 6) is 1.19. The molecule has 0 unspecified atom stereocenters. The summed E-state index contributed by atoms with van der Waals surface area (Å²) in [6.45, 7) is -1.04. The van der Waals surface area contributed by atoms with Crippen molar-refractivity contribution in [1.82, 2.24) is 9.88 Å². The number of halogens is 2. The first kappa shape index (κ1) is 14.9. The summed E-state index contributed by atoms with van der Waals surface area (Å²) in [5, 5.41) is 0. The highest BCUT2D eigenvalue weighted by Gasteiger charge is 2.27. The van der Waals surface area contributed by atoms with E-state index < -0.39 is 12.7 Å². The molecule has 0 bridgehead atoms. The molecule has 2 heterocycles. The van der Waals surface area contributed by atoms with E-state index in [9.17, 15) is 8.78 Å². The lowest BCUT2D eigenvalue weighted by molar-refractivity contribution is -0.158. The molecule has 0 N–H and O–H groups in total. The van der Waals surface area contributed by atoms with Crippen LogP contribution in [-0.2, 0) is 11.3 Å². The molecular formula is C13H18F2N2O3. The first-order valence-corrected chi connectivity index (χ1v) is 6.36. The minimum absolute atomic E-state index is 0.424. The van der Waals surface area contributed by atoms with Crippen molar-refractivity contribution in [3.8, 4) is 11.5 Å². The van der Waals surface area contributed by atoms with Gasteiger partial charge in [0.25, 0.3) is 0 Å². The van der Waals surface area contributed by atoms with Gasteiger partial charge in [-0.05, 0) is 6.42 Å². The minimum Gasteiger partial charge on any atom is -0.493 e. The lowest BCUT2D eigenvalue weighted by Gasteiger charge is -2.18. The molecule has 1 aliphatic rings. The van der Waals surface area contributed by atoms with Crippen molar-refractivity contribution in [3.63, 3.8) is 0 Å². The smallest absolute Gasteiger partial charge is 0.345 e. The molecule has 1 saturated heterocycles. The molecule has 0 amide bonds. The largest absolute Gasteiger partial charge is 0.493 e. The van der Waals surface area contributed by atoms with Crippen LogP contribution in [0.25, 0.3) is 0 Å². The Morgan fingerprint density at radius 3 is 2.85 bits per heavy atom. The Bertz CT molecular complexity index is 446. The Kier molecular flexibility index (Phi) is 5.08. The van der Waals surface area contributed by atoms with E-state index in [0.29, 0.717) is 37.6 Å². The van der Waals surface area contributed by atoms with Crippen LogP contribution in [0, 0.1) is 0 Å². The molecule has 1 aromatic rings. The number of aromatic nitrogens is 1. The molecule has 1 atom stereocenters. The molecule has 2 rings (SSSR count). The summed E-state index contributed by atoms with van der Waals surface area (Å²) in [5.41, 5.74) is 0.726. The number of rotatable bonds is 6. The van der Waals surface area contributed by atoms with Crippen molar-refractivity contribution < 1.29 is 23.0 Å². The van der Waals surface area contributed by atoms with Gasteiger partial charge in [-0.15, -0.1) is 0 Å². The van der Waals surface area contributed by atoms with Crippen LogP contribution in [0.4, 0.5) is 8.78 Å². The monoisotopic (exact) mass is 288 g/mol. The highest BCUT2D eigenvalue weighted by Crippen LogP contribution is 2.30. The van der Waals surface area contributed by atoms with Gasteiger partial charge in [-0.2, -0.15) is 8.78 Å². The topological polar surface area (TPSA) is 43.8 Å². The average molecular weight is 288 g/mol. The van der Waals surface area contributed by atoms with Crippen molar-refractivity contribution in [3.05, 3.63) is 18.0 Å². The van der Waals surface area contributed by atoms with Gasteiger partial charge in [0.1, 0.15) is 5.69 Å². The maximum atomic E-state index is 12.2. The van der Waals surface area contributed by atoms with Crippen LogP contribution in [-0.4, -0.2) is 49.9 Å². The average Bonchev–Trinajstić information content (AvgIpc) is 2.84. The summed E-state index contributed by atoms with van der Waals surface area (Å²) in [6.07, 6.45) is 1.81. The third kappa shape index (κ3) is 3.55. The summed E-state index contributed by atoms with van der Waals surface area (Å²) in [4.78, 5) is 6.28. The summed E-state index contributed by atoms with van der Waals surface area (Å²) >= 11 is 0. The van der Waals surface area contributed by atoms with Gasteiger partial charge < -0.3 is 14.2 Å². The van der Waals surface area contributed by atoms with E-state index in [-0.39, 0.29) is 0 Å². The molecule has 0 aromatic carbocycles. The highest BCUT2D eigenvalue weighted by molar-refractivity contribution is 5.42. The van der Waals surface area contributed by atoms with Gasteiger partial charge in [0.2, 0.25) is 0 Å². The van der Waals surface area contributed by atoms with Crippen LogP contribution >= 0.6 is 0 Å². The van der Waals surface area contributed by atoms with Crippen molar-refractivity contribution in [2.75, 3.05) is 27.3 Å². The van der Waals surface area contributed by atoms with Crippen molar-refractivity contribution in [1.29, 1.82) is 0 Å². The lowest BCUT2D eigenvalue weighted by Crippen LogP contribution is -2.24. The molecule has 1 fully saturated rings. The van der Waals surface area contributed by atoms with Crippen LogP contribution in [0.3, 0.4) is 0 Å².